The molecule has 0 saturated heterocycles. The smallest absolute Gasteiger partial charge is 0.134 e. The number of methoxy groups -OCH3 is 1. The molecule has 0 aliphatic heterocycles. The average Bonchev–Trinajstić information content (AvgIpc) is 2.28. The second-order valence-corrected chi connectivity index (χ2v) is 4.19. The normalized spacial score (nSPS) is 10.7. The minimum atomic E-state index is 0.379. The van der Waals surface area contributed by atoms with Gasteiger partial charge in [0.25, 0.3) is 0 Å². The second kappa shape index (κ2) is 6.39. The number of hydrogen-bond acceptors (Lipinski definition) is 5. The molecule has 0 radical (unpaired) electrons. The lowest BCUT2D eigenvalue weighted by Crippen LogP contribution is -2.34. The molecule has 1 aromatic heterocycles. The van der Waals surface area contributed by atoms with E-state index in [1.54, 1.807) is 7.11 Å². The third-order valence-electron chi connectivity index (χ3n) is 2.53. The quantitative estimate of drug-likeness (QED) is 0.817. The molecule has 0 unspecified atom stereocenters. The lowest BCUT2D eigenvalue weighted by Gasteiger charge is -2.28. The van der Waals surface area contributed by atoms with E-state index >= 15 is 0 Å². The van der Waals surface area contributed by atoms with E-state index in [9.17, 15) is 0 Å². The van der Waals surface area contributed by atoms with Crippen molar-refractivity contribution < 1.29 is 4.74 Å². The van der Waals surface area contributed by atoms with E-state index < -0.39 is 0 Å². The maximum atomic E-state index is 5.13. The first-order valence-electron chi connectivity index (χ1n) is 5.87. The SMILES string of the molecule is CNc1cc(N(CCOC)C(C)C)nc(C)n1. The van der Waals surface area contributed by atoms with Crippen molar-refractivity contribution in [3.63, 3.8) is 0 Å². The molecule has 1 heterocycles. The summed E-state index contributed by atoms with van der Waals surface area (Å²) in [5.41, 5.74) is 0. The van der Waals surface area contributed by atoms with Crippen LogP contribution in [-0.4, -0.2) is 43.3 Å². The van der Waals surface area contributed by atoms with Gasteiger partial charge in [0.05, 0.1) is 6.61 Å². The molecular weight excluding hydrogens is 216 g/mol. The molecule has 0 fully saturated rings. The van der Waals surface area contributed by atoms with Crippen molar-refractivity contribution in [1.29, 1.82) is 0 Å². The van der Waals surface area contributed by atoms with Crippen LogP contribution in [0.15, 0.2) is 6.07 Å². The molecule has 17 heavy (non-hydrogen) atoms. The molecular formula is C12H22N4O. The largest absolute Gasteiger partial charge is 0.383 e. The van der Waals surface area contributed by atoms with Crippen molar-refractivity contribution in [2.75, 3.05) is 37.5 Å². The van der Waals surface area contributed by atoms with E-state index in [0.29, 0.717) is 12.6 Å². The zero-order chi connectivity index (χ0) is 12.8. The third-order valence-corrected chi connectivity index (χ3v) is 2.53. The summed E-state index contributed by atoms with van der Waals surface area (Å²) in [6.45, 7) is 7.71. The van der Waals surface area contributed by atoms with Crippen LogP contribution in [0, 0.1) is 6.92 Å². The van der Waals surface area contributed by atoms with E-state index in [-0.39, 0.29) is 0 Å². The molecule has 0 aliphatic rings. The monoisotopic (exact) mass is 238 g/mol. The Labute approximate surface area is 103 Å². The van der Waals surface area contributed by atoms with Gasteiger partial charge in [0, 0.05) is 32.8 Å². The Morgan fingerprint density at radius 1 is 1.41 bits per heavy atom. The number of aryl methyl sites for hydroxylation is 1. The molecule has 1 rings (SSSR count). The predicted octanol–water partition coefficient (Wildman–Crippen LogP) is 1.69. The van der Waals surface area contributed by atoms with Crippen molar-refractivity contribution in [2.24, 2.45) is 0 Å². The number of nitrogens with zero attached hydrogens (tertiary/aromatic N) is 3. The molecule has 0 atom stereocenters. The number of nitrogens with one attached hydrogen (secondary N) is 1. The minimum absolute atomic E-state index is 0.379. The highest BCUT2D eigenvalue weighted by Crippen LogP contribution is 2.17. The molecule has 96 valence electrons. The number of hydrogen-bond donors (Lipinski definition) is 1. The summed E-state index contributed by atoms with van der Waals surface area (Å²) in [4.78, 5) is 11.0. The van der Waals surface area contributed by atoms with Crippen LogP contribution in [0.3, 0.4) is 0 Å². The molecule has 0 saturated carbocycles. The first-order valence-corrected chi connectivity index (χ1v) is 5.87. The van der Waals surface area contributed by atoms with Gasteiger partial charge >= 0.3 is 0 Å². The molecule has 0 aliphatic carbocycles. The molecule has 0 amide bonds. The van der Waals surface area contributed by atoms with Gasteiger partial charge < -0.3 is 15.0 Å². The third kappa shape index (κ3) is 3.85. The molecule has 0 bridgehead atoms. The summed E-state index contributed by atoms with van der Waals surface area (Å²) in [6, 6.07) is 2.34. The summed E-state index contributed by atoms with van der Waals surface area (Å²) in [5.74, 6) is 2.55. The minimum Gasteiger partial charge on any atom is -0.383 e. The number of anilines is 2. The predicted molar refractivity (Wildman–Crippen MR) is 70.7 cm³/mol. The fraction of sp³-hybridized carbons (Fsp3) is 0.667. The highest BCUT2D eigenvalue weighted by Gasteiger charge is 2.13. The summed E-state index contributed by atoms with van der Waals surface area (Å²) in [5, 5.41) is 3.05. The first kappa shape index (κ1) is 13.7. The summed E-state index contributed by atoms with van der Waals surface area (Å²) < 4.78 is 5.13. The van der Waals surface area contributed by atoms with Crippen LogP contribution in [0.2, 0.25) is 0 Å². The summed E-state index contributed by atoms with van der Waals surface area (Å²) in [6.07, 6.45) is 0. The maximum Gasteiger partial charge on any atom is 0.134 e. The van der Waals surface area contributed by atoms with E-state index in [4.69, 9.17) is 4.74 Å². The van der Waals surface area contributed by atoms with Gasteiger partial charge in [-0.25, -0.2) is 9.97 Å². The Bertz CT molecular complexity index is 354. The van der Waals surface area contributed by atoms with Crippen LogP contribution in [0.5, 0.6) is 0 Å². The Balaban J connectivity index is 2.96. The van der Waals surface area contributed by atoms with Crippen molar-refractivity contribution in [3.8, 4) is 0 Å². The van der Waals surface area contributed by atoms with Crippen molar-refractivity contribution >= 4 is 11.6 Å². The first-order chi connectivity index (χ1) is 8.08. The maximum absolute atomic E-state index is 5.13. The van der Waals surface area contributed by atoms with Gasteiger partial charge in [-0.1, -0.05) is 0 Å². The van der Waals surface area contributed by atoms with Gasteiger partial charge in [-0.3, -0.25) is 0 Å². The van der Waals surface area contributed by atoms with Crippen LogP contribution in [0.25, 0.3) is 0 Å². The van der Waals surface area contributed by atoms with Gasteiger partial charge in [-0.2, -0.15) is 0 Å². The van der Waals surface area contributed by atoms with Gasteiger partial charge in [0.1, 0.15) is 17.5 Å². The van der Waals surface area contributed by atoms with Crippen LogP contribution in [-0.2, 0) is 4.74 Å². The van der Waals surface area contributed by atoms with Gasteiger partial charge in [-0.15, -0.1) is 0 Å². The summed E-state index contributed by atoms with van der Waals surface area (Å²) >= 11 is 0. The van der Waals surface area contributed by atoms with Crippen LogP contribution in [0.1, 0.15) is 19.7 Å². The molecule has 1 aromatic rings. The lowest BCUT2D eigenvalue weighted by atomic mass is 10.3. The molecule has 5 heteroatoms. The topological polar surface area (TPSA) is 50.3 Å². The van der Waals surface area contributed by atoms with E-state index in [0.717, 1.165) is 24.0 Å². The Morgan fingerprint density at radius 2 is 2.12 bits per heavy atom. The molecule has 0 spiro atoms. The van der Waals surface area contributed by atoms with Gasteiger partial charge in [0.2, 0.25) is 0 Å². The molecule has 1 N–H and O–H groups in total. The fourth-order valence-corrected chi connectivity index (χ4v) is 1.65. The van der Waals surface area contributed by atoms with Crippen molar-refractivity contribution in [2.45, 2.75) is 26.8 Å². The average molecular weight is 238 g/mol. The van der Waals surface area contributed by atoms with Gasteiger partial charge in [-0.05, 0) is 20.8 Å². The molecule has 0 aromatic carbocycles. The standard InChI is InChI=1S/C12H22N4O/c1-9(2)16(6-7-17-5)12-8-11(13-4)14-10(3)15-12/h8-9H,6-7H2,1-5H3,(H,13,14,15). The van der Waals surface area contributed by atoms with E-state index in [1.807, 2.05) is 20.0 Å². The Kier molecular flexibility index (Phi) is 5.15. The van der Waals surface area contributed by atoms with Crippen molar-refractivity contribution in [3.05, 3.63) is 11.9 Å². The Morgan fingerprint density at radius 3 is 2.65 bits per heavy atom. The summed E-state index contributed by atoms with van der Waals surface area (Å²) in [7, 11) is 3.57. The zero-order valence-corrected chi connectivity index (χ0v) is 11.3. The Hall–Kier alpha value is -1.36. The highest BCUT2D eigenvalue weighted by molar-refractivity contribution is 5.49. The van der Waals surface area contributed by atoms with Crippen LogP contribution in [0.4, 0.5) is 11.6 Å². The number of rotatable bonds is 6. The second-order valence-electron chi connectivity index (χ2n) is 4.19. The van der Waals surface area contributed by atoms with Crippen LogP contribution < -0.4 is 10.2 Å². The fourth-order valence-electron chi connectivity index (χ4n) is 1.65. The highest BCUT2D eigenvalue weighted by atomic mass is 16.5. The molecule has 5 nitrogen and oxygen atoms in total. The number of ether oxygens (including phenoxy) is 1. The lowest BCUT2D eigenvalue weighted by molar-refractivity contribution is 0.203. The van der Waals surface area contributed by atoms with Crippen molar-refractivity contribution in [1.82, 2.24) is 9.97 Å². The van der Waals surface area contributed by atoms with E-state index in [1.165, 1.54) is 0 Å². The van der Waals surface area contributed by atoms with Crippen LogP contribution >= 0.6 is 0 Å². The van der Waals surface area contributed by atoms with Gasteiger partial charge in [0.15, 0.2) is 0 Å². The zero-order valence-electron chi connectivity index (χ0n) is 11.3. The number of aromatic nitrogens is 2. The van der Waals surface area contributed by atoms with E-state index in [2.05, 4.69) is 34.0 Å².